The summed E-state index contributed by atoms with van der Waals surface area (Å²) in [5, 5.41) is 30.3. The van der Waals surface area contributed by atoms with E-state index in [1.165, 1.54) is 11.5 Å². The number of nitrogens with zero attached hydrogens (tertiary/aromatic N) is 3. The molecule has 3 rings (SSSR count). The van der Waals surface area contributed by atoms with E-state index in [9.17, 15) is 15.3 Å². The number of rotatable bonds is 2. The molecule has 1 fully saturated rings. The van der Waals surface area contributed by atoms with Gasteiger partial charge in [0.25, 0.3) is 0 Å². The standard InChI is InChI=1S/C12H17N5O4/c1-12(20)7(19)6(4-18)21-10(12)17-3-2-5-8(13)15-11(14)16-9(5)17/h2-3,6-7,10,18-20H,4H2,1H3,(H4,13,14,15,16)/t6-,7?,10-,12?/m1/s1. The lowest BCUT2D eigenvalue weighted by molar-refractivity contribution is -0.0948. The molecule has 2 aromatic rings. The monoisotopic (exact) mass is 295 g/mol. The van der Waals surface area contributed by atoms with Gasteiger partial charge < -0.3 is 36.1 Å². The predicted octanol–water partition coefficient (Wildman–Crippen LogP) is -1.40. The van der Waals surface area contributed by atoms with Crippen LogP contribution in [-0.2, 0) is 4.74 Å². The molecule has 114 valence electrons. The maximum atomic E-state index is 10.5. The van der Waals surface area contributed by atoms with Crippen molar-refractivity contribution in [3.8, 4) is 0 Å². The summed E-state index contributed by atoms with van der Waals surface area (Å²) in [5.74, 6) is 0.213. The van der Waals surface area contributed by atoms with Gasteiger partial charge in [-0.25, -0.2) is 0 Å². The van der Waals surface area contributed by atoms with E-state index < -0.39 is 30.6 Å². The number of nitrogen functional groups attached to an aromatic ring is 2. The van der Waals surface area contributed by atoms with E-state index in [0.717, 1.165) is 0 Å². The Morgan fingerprint density at radius 1 is 1.43 bits per heavy atom. The zero-order chi connectivity index (χ0) is 15.4. The lowest BCUT2D eigenvalue weighted by Gasteiger charge is -2.27. The third-order valence-electron chi connectivity index (χ3n) is 3.81. The van der Waals surface area contributed by atoms with Crippen LogP contribution in [0.2, 0.25) is 0 Å². The Kier molecular flexibility index (Phi) is 3.02. The first kappa shape index (κ1) is 14.0. The molecular weight excluding hydrogens is 278 g/mol. The fourth-order valence-corrected chi connectivity index (χ4v) is 2.65. The van der Waals surface area contributed by atoms with Crippen molar-refractivity contribution in [1.82, 2.24) is 14.5 Å². The summed E-state index contributed by atoms with van der Waals surface area (Å²) in [4.78, 5) is 7.96. The second kappa shape index (κ2) is 4.53. The molecule has 0 radical (unpaired) electrons. The highest BCUT2D eigenvalue weighted by molar-refractivity contribution is 5.87. The van der Waals surface area contributed by atoms with E-state index in [0.29, 0.717) is 11.0 Å². The fraction of sp³-hybridized carbons (Fsp3) is 0.500. The van der Waals surface area contributed by atoms with Crippen LogP contribution in [0, 0.1) is 0 Å². The van der Waals surface area contributed by atoms with Crippen LogP contribution < -0.4 is 11.5 Å². The Hall–Kier alpha value is -1.94. The Balaban J connectivity index is 2.13. The van der Waals surface area contributed by atoms with E-state index in [-0.39, 0.29) is 11.8 Å². The molecule has 7 N–H and O–H groups in total. The van der Waals surface area contributed by atoms with Gasteiger partial charge in [0.05, 0.1) is 12.0 Å². The highest BCUT2D eigenvalue weighted by Crippen LogP contribution is 2.40. The molecule has 0 bridgehead atoms. The Morgan fingerprint density at radius 2 is 2.14 bits per heavy atom. The van der Waals surface area contributed by atoms with Gasteiger partial charge in [-0.05, 0) is 13.0 Å². The van der Waals surface area contributed by atoms with Crippen LogP contribution in [0.25, 0.3) is 11.0 Å². The number of aromatic nitrogens is 3. The molecule has 0 spiro atoms. The number of nitrogens with two attached hydrogens (primary N) is 2. The molecule has 4 atom stereocenters. The normalized spacial score (nSPS) is 32.9. The summed E-state index contributed by atoms with van der Waals surface area (Å²) in [6.07, 6.45) is -1.45. The number of ether oxygens (including phenoxy) is 1. The molecular formula is C12H17N5O4. The van der Waals surface area contributed by atoms with Gasteiger partial charge in [-0.15, -0.1) is 0 Å². The number of anilines is 2. The summed E-state index contributed by atoms with van der Waals surface area (Å²) < 4.78 is 7.06. The second-order valence-corrected chi connectivity index (χ2v) is 5.31. The van der Waals surface area contributed by atoms with Crippen LogP contribution in [0.3, 0.4) is 0 Å². The van der Waals surface area contributed by atoms with Gasteiger partial charge >= 0.3 is 0 Å². The van der Waals surface area contributed by atoms with Crippen molar-refractivity contribution < 1.29 is 20.1 Å². The maximum absolute atomic E-state index is 10.5. The van der Waals surface area contributed by atoms with Gasteiger partial charge in [0.15, 0.2) is 6.23 Å². The maximum Gasteiger partial charge on any atom is 0.223 e. The van der Waals surface area contributed by atoms with Crippen molar-refractivity contribution >= 4 is 22.8 Å². The van der Waals surface area contributed by atoms with Crippen molar-refractivity contribution in [1.29, 1.82) is 0 Å². The highest BCUT2D eigenvalue weighted by atomic mass is 16.6. The predicted molar refractivity (Wildman–Crippen MR) is 74.0 cm³/mol. The van der Waals surface area contributed by atoms with Crippen LogP contribution in [0.15, 0.2) is 12.3 Å². The molecule has 1 aliphatic rings. The van der Waals surface area contributed by atoms with Crippen LogP contribution in [0.5, 0.6) is 0 Å². The fourth-order valence-electron chi connectivity index (χ4n) is 2.65. The molecule has 21 heavy (non-hydrogen) atoms. The topological polar surface area (TPSA) is 153 Å². The SMILES string of the molecule is CC1(O)C(O)[C@@H](CO)O[C@H]1n1ccc2c(N)nc(N)nc21. The number of aliphatic hydroxyl groups excluding tert-OH is 2. The summed E-state index contributed by atoms with van der Waals surface area (Å²) >= 11 is 0. The Morgan fingerprint density at radius 3 is 2.76 bits per heavy atom. The van der Waals surface area contributed by atoms with Gasteiger partial charge in [-0.2, -0.15) is 9.97 Å². The van der Waals surface area contributed by atoms with E-state index in [1.807, 2.05) is 0 Å². The van der Waals surface area contributed by atoms with Crippen LogP contribution in [0.4, 0.5) is 11.8 Å². The number of hydrogen-bond donors (Lipinski definition) is 5. The largest absolute Gasteiger partial charge is 0.394 e. The van der Waals surface area contributed by atoms with E-state index >= 15 is 0 Å². The molecule has 1 aliphatic heterocycles. The van der Waals surface area contributed by atoms with Crippen molar-refractivity contribution in [2.45, 2.75) is 31.0 Å². The average Bonchev–Trinajstić information content (AvgIpc) is 2.91. The summed E-state index contributed by atoms with van der Waals surface area (Å²) in [5.41, 5.74) is 10.2. The first-order valence-electron chi connectivity index (χ1n) is 6.42. The zero-order valence-corrected chi connectivity index (χ0v) is 11.3. The number of aliphatic hydroxyl groups is 3. The Labute approximate surface area is 119 Å². The van der Waals surface area contributed by atoms with E-state index in [1.54, 1.807) is 12.3 Å². The summed E-state index contributed by atoms with van der Waals surface area (Å²) in [7, 11) is 0. The molecule has 0 amide bonds. The molecule has 9 heteroatoms. The van der Waals surface area contributed by atoms with Crippen molar-refractivity contribution in [2.24, 2.45) is 0 Å². The molecule has 0 saturated carbocycles. The van der Waals surface area contributed by atoms with Gasteiger partial charge in [0, 0.05) is 6.20 Å². The summed E-state index contributed by atoms with van der Waals surface area (Å²) in [6, 6.07) is 1.67. The van der Waals surface area contributed by atoms with Gasteiger partial charge in [0.1, 0.15) is 29.3 Å². The quantitative estimate of drug-likeness (QED) is 0.453. The first-order chi connectivity index (χ1) is 9.86. The van der Waals surface area contributed by atoms with Crippen molar-refractivity contribution in [3.63, 3.8) is 0 Å². The van der Waals surface area contributed by atoms with Crippen molar-refractivity contribution in [3.05, 3.63) is 12.3 Å². The van der Waals surface area contributed by atoms with Crippen LogP contribution in [-0.4, -0.2) is 54.3 Å². The van der Waals surface area contributed by atoms with Crippen LogP contribution >= 0.6 is 0 Å². The molecule has 0 aromatic carbocycles. The van der Waals surface area contributed by atoms with Gasteiger partial charge in [-0.1, -0.05) is 0 Å². The van der Waals surface area contributed by atoms with Crippen LogP contribution in [0.1, 0.15) is 13.2 Å². The number of hydrogen-bond acceptors (Lipinski definition) is 8. The third kappa shape index (κ3) is 1.94. The third-order valence-corrected chi connectivity index (χ3v) is 3.81. The second-order valence-electron chi connectivity index (χ2n) is 5.31. The highest BCUT2D eigenvalue weighted by Gasteiger charge is 2.53. The molecule has 3 heterocycles. The molecule has 9 nitrogen and oxygen atoms in total. The number of fused-ring (bicyclic) bond motifs is 1. The smallest absolute Gasteiger partial charge is 0.223 e. The summed E-state index contributed by atoms with van der Waals surface area (Å²) in [6.45, 7) is 1.02. The van der Waals surface area contributed by atoms with Gasteiger partial charge in [0.2, 0.25) is 5.95 Å². The van der Waals surface area contributed by atoms with Crippen molar-refractivity contribution in [2.75, 3.05) is 18.1 Å². The van der Waals surface area contributed by atoms with E-state index in [2.05, 4.69) is 9.97 Å². The Bertz CT molecular complexity index is 686. The minimum absolute atomic E-state index is 0.00292. The zero-order valence-electron chi connectivity index (χ0n) is 11.3. The molecule has 2 unspecified atom stereocenters. The molecule has 0 aliphatic carbocycles. The molecule has 2 aromatic heterocycles. The average molecular weight is 295 g/mol. The lowest BCUT2D eigenvalue weighted by atomic mass is 9.96. The van der Waals surface area contributed by atoms with E-state index in [4.69, 9.17) is 16.2 Å². The minimum Gasteiger partial charge on any atom is -0.394 e. The first-order valence-corrected chi connectivity index (χ1v) is 6.42. The lowest BCUT2D eigenvalue weighted by Crippen LogP contribution is -2.44. The van der Waals surface area contributed by atoms with Gasteiger partial charge in [-0.3, -0.25) is 0 Å². The molecule has 1 saturated heterocycles. The minimum atomic E-state index is -1.60.